The number of fused-ring (bicyclic) bond motifs is 6. The second-order valence-corrected chi connectivity index (χ2v) is 44.4. The number of carboxylic acids is 6. The summed E-state index contributed by atoms with van der Waals surface area (Å²) in [6, 6.07) is 21.4. The Labute approximate surface area is 844 Å². The number of aromatic carboxylic acids is 6. The Morgan fingerprint density at radius 2 is 0.943 bits per heavy atom. The lowest BCUT2D eigenvalue weighted by molar-refractivity contribution is 0.0679. The van der Waals surface area contributed by atoms with Crippen LogP contribution in [-0.4, -0.2) is 298 Å². The van der Waals surface area contributed by atoms with Gasteiger partial charge in [0.15, 0.2) is 19.0 Å². The number of unbranched alkanes of at least 4 members (excludes halogenated alkanes) is 1. The van der Waals surface area contributed by atoms with E-state index in [4.69, 9.17) is 49.9 Å². The van der Waals surface area contributed by atoms with Gasteiger partial charge < -0.3 is 125 Å². The van der Waals surface area contributed by atoms with E-state index in [-0.39, 0.29) is 110 Å². The van der Waals surface area contributed by atoms with Crippen molar-refractivity contribution >= 4 is 206 Å². The standard InChI is InChI=1S/C16H21BN4O4S.C16H23BN2O4S.C13H17BN2O6S2.C13H13BN2O5S2.C12H12BN3O4S2.C12H11BN2O4S2/c1-10-4-5-11-8-12(17(24)25-14(11)13(10)15(22)23)26-16-20-19-9-21(16)7-3-2-6-18;1-11-2-3-12-10-13(17(22)23-15(12)14(11)16(20)21)24-9-8-19-6-4-18-5-7-19;1-7-2-3-8-4-10(14(19)22-12(8)11(7)13(17)18)23-9-5-16(6-9)15-24(20)21;1-20-7-3-2-6-4-8(22-9-5-16-13(15)23-9)14(19)21-11(6)10(7)12(17)18;1-5-2-3-6-4-7(21-12-15-11(14)16-22-12)13(19)20-9(6)8(5)10(17)18;1-6-2-3-7-4-8(20-12-14-5-15-21-12)13(18)19-10(7)9(6)11(16)17/h4-5,9,12,24H,2-3,6-8,18H2,1H3,(H,22,23);2-3,13,18,22H,4-10H2,1H3,(H,20,21);2-3,9-10,15,19H,4-6H2,1H3,(H,17,18)(H,20,21);2-3,5,8,19H,4H2,1H3,(H2,15,16)(H,17,18);2-3,7,19H,4H2,1H3,(H2,14,16)(H,17,18);2-3,5,8,18H,4H2,1H3,(H,16,17)/p-1/t12-;13-;10-;8-;7-;8-/m000000/s1. The molecule has 140 heavy (non-hydrogen) atoms. The van der Waals surface area contributed by atoms with Crippen LogP contribution in [0.2, 0.25) is 0 Å². The van der Waals surface area contributed by atoms with Crippen LogP contribution in [-0.2, 0) is 56.3 Å². The van der Waals surface area contributed by atoms with Gasteiger partial charge in [0.25, 0.3) is 0 Å². The molecule has 1 unspecified atom stereocenters. The summed E-state index contributed by atoms with van der Waals surface area (Å²) in [5, 5.41) is 130. The number of nitrogens with two attached hydrogens (primary N) is 3. The van der Waals surface area contributed by atoms with Crippen LogP contribution in [0.5, 0.6) is 40.2 Å². The number of nitrogens with zero attached hydrogens (tertiary/aromatic N) is 10. The van der Waals surface area contributed by atoms with Gasteiger partial charge in [-0.1, -0.05) is 113 Å². The number of anilines is 2. The normalized spacial score (nSPS) is 18.5. The van der Waals surface area contributed by atoms with E-state index >= 15 is 0 Å². The molecule has 2 saturated heterocycles. The zero-order valence-electron chi connectivity index (χ0n) is 75.7. The van der Waals surface area contributed by atoms with Crippen molar-refractivity contribution in [3.63, 3.8) is 0 Å². The molecule has 740 valence electrons. The number of nitrogen functional groups attached to an aromatic ring is 2. The second-order valence-electron chi connectivity index (χ2n) is 32.6. The maximum absolute atomic E-state index is 11.5. The van der Waals surface area contributed by atoms with E-state index in [0.717, 1.165) is 106 Å². The van der Waals surface area contributed by atoms with E-state index in [0.29, 0.717) is 112 Å². The van der Waals surface area contributed by atoms with Gasteiger partial charge in [-0.05, 0) is 183 Å². The third-order valence-electron chi connectivity index (χ3n) is 22.9. The minimum absolute atomic E-state index is 0.0650. The van der Waals surface area contributed by atoms with Crippen LogP contribution in [0.25, 0.3) is 0 Å². The Balaban J connectivity index is 0.000000142. The largest absolute Gasteiger partial charge is 0.759 e. The van der Waals surface area contributed by atoms with Gasteiger partial charge in [0.2, 0.25) is 5.95 Å². The van der Waals surface area contributed by atoms with Crippen LogP contribution in [0.1, 0.15) is 136 Å². The molecule has 10 aromatic rings. The van der Waals surface area contributed by atoms with Crippen molar-refractivity contribution in [3.8, 4) is 40.2 Å². The van der Waals surface area contributed by atoms with E-state index in [1.165, 1.54) is 95.1 Å². The van der Waals surface area contributed by atoms with Gasteiger partial charge in [-0.25, -0.2) is 43.7 Å². The van der Waals surface area contributed by atoms with Crippen LogP contribution in [0, 0.1) is 34.6 Å². The Morgan fingerprint density at radius 1 is 0.536 bits per heavy atom. The van der Waals surface area contributed by atoms with Crippen LogP contribution in [0.15, 0.2) is 110 Å². The number of aromatic nitrogens is 8. The van der Waals surface area contributed by atoms with Crippen molar-refractivity contribution in [1.29, 1.82) is 0 Å². The Morgan fingerprint density at radius 3 is 1.34 bits per heavy atom. The van der Waals surface area contributed by atoms with Crippen LogP contribution in [0.3, 0.4) is 0 Å². The van der Waals surface area contributed by atoms with Crippen molar-refractivity contribution in [2.24, 2.45) is 5.73 Å². The monoisotopic (exact) mass is 2110 g/mol. The molecule has 7 atom stereocenters. The summed E-state index contributed by atoms with van der Waals surface area (Å²) in [5.41, 5.74) is 24.8. The predicted molar refractivity (Wildman–Crippen MR) is 536 cm³/mol. The molecule has 0 radical (unpaired) electrons. The highest BCUT2D eigenvalue weighted by Crippen LogP contribution is 2.46. The van der Waals surface area contributed by atoms with Crippen LogP contribution >= 0.6 is 105 Å². The summed E-state index contributed by atoms with van der Waals surface area (Å²) in [6.45, 7) is 16.2. The summed E-state index contributed by atoms with van der Waals surface area (Å²) in [7, 11) is -5.14. The summed E-state index contributed by atoms with van der Waals surface area (Å²) < 4.78 is 71.2. The Hall–Kier alpha value is -9.61. The lowest BCUT2D eigenvalue weighted by atomic mass is 9.77. The maximum atomic E-state index is 11.5. The van der Waals surface area contributed by atoms with Crippen LogP contribution < -0.4 is 60.0 Å². The molecule has 12 heterocycles. The highest BCUT2D eigenvalue weighted by atomic mass is 32.2. The summed E-state index contributed by atoms with van der Waals surface area (Å²) >= 11 is 10.1. The average molecular weight is 2110 g/mol. The number of ether oxygens (including phenoxy) is 1. The second kappa shape index (κ2) is 49.6. The average Bonchev–Trinajstić information content (AvgIpc) is 2.02. The number of nitrogens with one attached hydrogen (secondary N) is 2. The number of hydrogen-bond donors (Lipinski definition) is 17. The smallest absolute Gasteiger partial charge is 0.537 e. The molecule has 20 N–H and O–H groups in total. The number of rotatable bonds is 27. The highest BCUT2D eigenvalue weighted by molar-refractivity contribution is 8.04. The molecule has 0 aliphatic carbocycles. The number of carbonyl (C=O) groups is 6. The molecule has 0 saturated carbocycles. The van der Waals surface area contributed by atoms with E-state index in [1.54, 1.807) is 100 Å². The van der Waals surface area contributed by atoms with Crippen molar-refractivity contribution in [2.45, 2.75) is 147 Å². The van der Waals surface area contributed by atoms with E-state index in [2.05, 4.69) is 48.9 Å². The number of hydrogen-bond acceptors (Lipinski definition) is 43. The number of methoxy groups -OCH3 is 1. The first-order valence-corrected chi connectivity index (χ1v) is 52.3. The topological polar surface area (TPSA) is 654 Å². The van der Waals surface area contributed by atoms with Crippen molar-refractivity contribution in [3.05, 3.63) is 186 Å². The van der Waals surface area contributed by atoms with Crippen molar-refractivity contribution in [1.82, 2.24) is 58.5 Å². The number of hydrazine groups is 1. The molecule has 0 bridgehead atoms. The summed E-state index contributed by atoms with van der Waals surface area (Å²) in [4.78, 5) is 85.3. The van der Waals surface area contributed by atoms with E-state index in [9.17, 15) is 98.3 Å². The van der Waals surface area contributed by atoms with Gasteiger partial charge in [0, 0.05) is 74.6 Å². The fourth-order valence-electron chi connectivity index (χ4n) is 15.9. The third kappa shape index (κ3) is 27.3. The van der Waals surface area contributed by atoms with E-state index < -0.39 is 89.8 Å². The first-order valence-electron chi connectivity index (χ1n) is 43.4. The number of aryl methyl sites for hydroxylation is 6. The van der Waals surface area contributed by atoms with Gasteiger partial charge in [0.1, 0.15) is 86.3 Å². The molecule has 58 heteroatoms. The minimum Gasteiger partial charge on any atom is -0.759 e. The quantitative estimate of drug-likeness (QED) is 0.0160. The minimum atomic E-state index is -2.33. The SMILES string of the molecule is COc1ccc2c(c1C(=O)O)OB(O)[C@@H](Sc1cnc(N)s1)C2.Cc1ccc2c(c1C(=O)O)OB(O)[C@@H](SC1CN(NS(=O)[O-])C1)C2.Cc1ccc2c(c1C(=O)O)OB(O)[C@@H](SCCN1CCNCC1)C2.Cc1ccc2c(c1C(=O)O)OB(O)[C@@H](Sc1nc(N)ns1)C2.Cc1ccc2c(c1C(=O)O)OB(O)[C@@H](Sc1ncns1)C2.Cc1ccc2c(c1C(=O)O)OB(O)[C@@H](Sc1nncn1CCCCN)C2. The lowest BCUT2D eigenvalue weighted by Crippen LogP contribution is -2.57. The van der Waals surface area contributed by atoms with Gasteiger partial charge in [0.05, 0.1) is 48.4 Å². The zero-order valence-corrected chi connectivity index (χ0v) is 83.8. The molecular formula is C82H96B6N15O27S10-. The third-order valence-corrected chi connectivity index (χ3v) is 33.4. The maximum Gasteiger partial charge on any atom is 0.537 e. The summed E-state index contributed by atoms with van der Waals surface area (Å²) in [5.74, 6) is -3.60. The number of piperazine rings is 1. The number of thiazole rings is 1. The number of benzene rings is 6. The van der Waals surface area contributed by atoms with Crippen molar-refractivity contribution in [2.75, 3.05) is 76.7 Å². The fraction of sp³-hybridized carbons (Fsp3) is 0.378. The molecular weight excluding hydrogens is 2010 g/mol. The Kier molecular flexibility index (Phi) is 38.1. The van der Waals surface area contributed by atoms with Crippen molar-refractivity contribution < 1.29 is 131 Å². The summed E-state index contributed by atoms with van der Waals surface area (Å²) in [6.07, 6.45) is 9.67. The molecule has 4 aromatic heterocycles. The van der Waals surface area contributed by atoms with Gasteiger partial charge in [-0.2, -0.15) is 42.1 Å². The molecule has 6 aromatic carbocycles. The predicted octanol–water partition coefficient (Wildman–Crippen LogP) is 5.98. The molecule has 8 aliphatic heterocycles. The molecule has 42 nitrogen and oxygen atoms in total. The van der Waals surface area contributed by atoms with Crippen LogP contribution in [0.4, 0.5) is 11.1 Å². The highest BCUT2D eigenvalue weighted by Gasteiger charge is 2.46. The van der Waals surface area contributed by atoms with Gasteiger partial charge >= 0.3 is 78.5 Å². The van der Waals surface area contributed by atoms with E-state index in [1.807, 2.05) is 41.0 Å². The zero-order chi connectivity index (χ0) is 101. The molecule has 0 amide bonds. The first-order chi connectivity index (χ1) is 66.9. The van der Waals surface area contributed by atoms with Gasteiger partial charge in [-0.3, -0.25) is 9.11 Å². The lowest BCUT2D eigenvalue weighted by Gasteiger charge is -2.41. The Bertz CT molecular complexity index is 6130. The number of carboxylic acid groups (broad SMARTS) is 6. The molecule has 18 rings (SSSR count). The molecule has 0 spiro atoms. The first kappa shape index (κ1) is 108. The van der Waals surface area contributed by atoms with Gasteiger partial charge in [-0.15, -0.1) is 22.0 Å². The number of thioether (sulfide) groups is 6. The molecule has 2 fully saturated rings. The fourth-order valence-corrected chi connectivity index (χ4v) is 25.7. The molecule has 8 aliphatic rings.